The third-order valence-corrected chi connectivity index (χ3v) is 6.67. The van der Waals surface area contributed by atoms with Crippen LogP contribution in [-0.2, 0) is 26.2 Å². The smallest absolute Gasteiger partial charge is 0.414 e. The summed E-state index contributed by atoms with van der Waals surface area (Å²) in [4.78, 5) is 20.8. The van der Waals surface area contributed by atoms with Crippen LogP contribution in [0.3, 0.4) is 0 Å². The number of carboxylic acids is 2. The van der Waals surface area contributed by atoms with Crippen LogP contribution in [0.1, 0.15) is 11.1 Å². The zero-order chi connectivity index (χ0) is 23.0. The molecular formula is C21H26N2O7S. The molecule has 0 aliphatic carbocycles. The SMILES string of the molecule is COc1ccccc1CN1CCN(S(=O)(=O)c2ccc(C)cc2)CC1.O=C(O)C(=O)O. The van der Waals surface area contributed by atoms with E-state index in [0.717, 1.165) is 23.4 Å². The van der Waals surface area contributed by atoms with Crippen LogP contribution >= 0.6 is 0 Å². The molecule has 0 aromatic heterocycles. The van der Waals surface area contributed by atoms with Gasteiger partial charge in [-0.05, 0) is 25.1 Å². The third-order valence-electron chi connectivity index (χ3n) is 4.76. The molecule has 168 valence electrons. The van der Waals surface area contributed by atoms with Crippen molar-refractivity contribution in [3.05, 3.63) is 59.7 Å². The fourth-order valence-corrected chi connectivity index (χ4v) is 4.48. The highest BCUT2D eigenvalue weighted by Gasteiger charge is 2.28. The van der Waals surface area contributed by atoms with Crippen molar-refractivity contribution in [3.63, 3.8) is 0 Å². The van der Waals surface area contributed by atoms with Crippen molar-refractivity contribution in [1.82, 2.24) is 9.21 Å². The van der Waals surface area contributed by atoms with E-state index in [-0.39, 0.29) is 0 Å². The number of methoxy groups -OCH3 is 1. The summed E-state index contributed by atoms with van der Waals surface area (Å²) in [7, 11) is -1.73. The van der Waals surface area contributed by atoms with E-state index in [1.807, 2.05) is 43.3 Å². The minimum absolute atomic E-state index is 0.372. The number of hydrogen-bond acceptors (Lipinski definition) is 6. The van der Waals surface area contributed by atoms with Crippen molar-refractivity contribution in [3.8, 4) is 5.75 Å². The topological polar surface area (TPSA) is 124 Å². The third kappa shape index (κ3) is 6.78. The van der Waals surface area contributed by atoms with Gasteiger partial charge in [0.05, 0.1) is 12.0 Å². The number of nitrogens with zero attached hydrogens (tertiary/aromatic N) is 2. The van der Waals surface area contributed by atoms with Gasteiger partial charge in [-0.15, -0.1) is 0 Å². The lowest BCUT2D eigenvalue weighted by atomic mass is 10.2. The summed E-state index contributed by atoms with van der Waals surface area (Å²) in [6.45, 7) is 5.15. The van der Waals surface area contributed by atoms with E-state index in [2.05, 4.69) is 4.90 Å². The predicted octanol–water partition coefficient (Wildman–Crippen LogP) is 1.67. The van der Waals surface area contributed by atoms with Crippen LogP contribution in [0.2, 0.25) is 0 Å². The first kappa shape index (κ1) is 24.3. The quantitative estimate of drug-likeness (QED) is 0.659. The Morgan fingerprint density at radius 3 is 2.00 bits per heavy atom. The van der Waals surface area contributed by atoms with Crippen LogP contribution in [0.25, 0.3) is 0 Å². The molecule has 2 aromatic carbocycles. The van der Waals surface area contributed by atoms with Gasteiger partial charge in [-0.25, -0.2) is 18.0 Å². The molecule has 0 saturated carbocycles. The normalized spacial score (nSPS) is 14.9. The van der Waals surface area contributed by atoms with Crippen LogP contribution in [0, 0.1) is 6.92 Å². The van der Waals surface area contributed by atoms with Crippen molar-refractivity contribution in [2.45, 2.75) is 18.4 Å². The Balaban J connectivity index is 0.000000501. The molecule has 0 amide bonds. The van der Waals surface area contributed by atoms with Crippen LogP contribution in [0.15, 0.2) is 53.4 Å². The Labute approximate surface area is 181 Å². The second-order valence-electron chi connectivity index (χ2n) is 6.92. The van der Waals surface area contributed by atoms with E-state index in [0.29, 0.717) is 31.1 Å². The molecule has 1 fully saturated rings. The van der Waals surface area contributed by atoms with E-state index in [4.69, 9.17) is 24.5 Å². The number of para-hydroxylation sites is 1. The lowest BCUT2D eigenvalue weighted by Crippen LogP contribution is -2.48. The summed E-state index contributed by atoms with van der Waals surface area (Å²) in [5.41, 5.74) is 2.18. The zero-order valence-electron chi connectivity index (χ0n) is 17.4. The number of sulfonamides is 1. The monoisotopic (exact) mass is 450 g/mol. The van der Waals surface area contributed by atoms with Crippen molar-refractivity contribution >= 4 is 22.0 Å². The molecule has 1 aliphatic rings. The average Bonchev–Trinajstić information content (AvgIpc) is 2.75. The van der Waals surface area contributed by atoms with Gasteiger partial charge in [-0.1, -0.05) is 35.9 Å². The summed E-state index contributed by atoms with van der Waals surface area (Å²) in [5.74, 6) is -2.78. The van der Waals surface area contributed by atoms with Gasteiger partial charge in [-0.3, -0.25) is 4.90 Å². The molecule has 10 heteroatoms. The number of piperazine rings is 1. The maximum absolute atomic E-state index is 12.8. The summed E-state index contributed by atoms with van der Waals surface area (Å²) < 4.78 is 32.5. The molecule has 1 aliphatic heterocycles. The summed E-state index contributed by atoms with van der Waals surface area (Å²) >= 11 is 0. The second kappa shape index (κ2) is 10.9. The van der Waals surface area contributed by atoms with E-state index in [1.54, 1.807) is 23.5 Å². The number of rotatable bonds is 5. The first-order valence-corrected chi connectivity index (χ1v) is 11.0. The van der Waals surface area contributed by atoms with E-state index in [9.17, 15) is 8.42 Å². The van der Waals surface area contributed by atoms with Crippen molar-refractivity contribution in [2.75, 3.05) is 33.3 Å². The molecule has 31 heavy (non-hydrogen) atoms. The predicted molar refractivity (Wildman–Crippen MR) is 113 cm³/mol. The summed E-state index contributed by atoms with van der Waals surface area (Å²) in [6.07, 6.45) is 0. The van der Waals surface area contributed by atoms with Gasteiger partial charge in [0, 0.05) is 38.3 Å². The second-order valence-corrected chi connectivity index (χ2v) is 8.85. The molecular weight excluding hydrogens is 424 g/mol. The molecule has 3 rings (SSSR count). The zero-order valence-corrected chi connectivity index (χ0v) is 18.2. The number of carboxylic acid groups (broad SMARTS) is 2. The number of hydrogen-bond donors (Lipinski definition) is 2. The molecule has 0 bridgehead atoms. The van der Waals surface area contributed by atoms with E-state index < -0.39 is 22.0 Å². The molecule has 1 saturated heterocycles. The van der Waals surface area contributed by atoms with E-state index in [1.165, 1.54) is 0 Å². The van der Waals surface area contributed by atoms with Gasteiger partial charge >= 0.3 is 11.9 Å². The molecule has 1 heterocycles. The van der Waals surface area contributed by atoms with Gasteiger partial charge in [0.1, 0.15) is 5.75 Å². The largest absolute Gasteiger partial charge is 0.496 e. The first-order chi connectivity index (χ1) is 14.6. The molecule has 9 nitrogen and oxygen atoms in total. The van der Waals surface area contributed by atoms with Gasteiger partial charge in [0.25, 0.3) is 0 Å². The Hall–Kier alpha value is -2.95. The van der Waals surface area contributed by atoms with Gasteiger partial charge in [0.15, 0.2) is 0 Å². The summed E-state index contributed by atoms with van der Waals surface area (Å²) in [6, 6.07) is 15.0. The van der Waals surface area contributed by atoms with Crippen LogP contribution < -0.4 is 4.74 Å². The fourth-order valence-electron chi connectivity index (χ4n) is 3.06. The molecule has 0 spiro atoms. The minimum Gasteiger partial charge on any atom is -0.496 e. The Kier molecular flexibility index (Phi) is 8.55. The highest BCUT2D eigenvalue weighted by atomic mass is 32.2. The molecule has 0 radical (unpaired) electrons. The lowest BCUT2D eigenvalue weighted by molar-refractivity contribution is -0.159. The highest BCUT2D eigenvalue weighted by Crippen LogP contribution is 2.22. The van der Waals surface area contributed by atoms with Crippen molar-refractivity contribution in [2.24, 2.45) is 0 Å². The van der Waals surface area contributed by atoms with Crippen LogP contribution in [0.5, 0.6) is 5.75 Å². The maximum Gasteiger partial charge on any atom is 0.414 e. The number of carbonyl (C=O) groups is 2. The van der Waals surface area contributed by atoms with Crippen LogP contribution in [-0.4, -0.2) is 73.1 Å². The summed E-state index contributed by atoms with van der Waals surface area (Å²) in [5, 5.41) is 14.8. The maximum atomic E-state index is 12.8. The van der Waals surface area contributed by atoms with Crippen molar-refractivity contribution < 1.29 is 33.0 Å². The van der Waals surface area contributed by atoms with Gasteiger partial charge in [0.2, 0.25) is 10.0 Å². The number of aliphatic carboxylic acids is 2. The fraction of sp³-hybridized carbons (Fsp3) is 0.333. The number of aryl methyl sites for hydroxylation is 1. The molecule has 2 N–H and O–H groups in total. The van der Waals surface area contributed by atoms with Gasteiger partial charge < -0.3 is 14.9 Å². The first-order valence-electron chi connectivity index (χ1n) is 9.52. The Morgan fingerprint density at radius 2 is 1.48 bits per heavy atom. The molecule has 0 unspecified atom stereocenters. The Morgan fingerprint density at radius 1 is 0.935 bits per heavy atom. The van der Waals surface area contributed by atoms with Crippen LogP contribution in [0.4, 0.5) is 0 Å². The van der Waals surface area contributed by atoms with E-state index >= 15 is 0 Å². The lowest BCUT2D eigenvalue weighted by Gasteiger charge is -2.34. The van der Waals surface area contributed by atoms with Crippen molar-refractivity contribution in [1.29, 1.82) is 0 Å². The molecule has 0 atom stereocenters. The van der Waals surface area contributed by atoms with Gasteiger partial charge in [-0.2, -0.15) is 4.31 Å². The number of ether oxygens (including phenoxy) is 1. The average molecular weight is 451 g/mol. The Bertz CT molecular complexity index is 987. The minimum atomic E-state index is -3.41. The number of benzene rings is 2. The standard InChI is InChI=1S/C19H24N2O3S.C2H2O4/c1-16-7-9-18(10-8-16)25(22,23)21-13-11-20(12-14-21)15-17-5-3-4-6-19(17)24-2;3-1(4)2(5)6/h3-10H,11-15H2,1-2H3;(H,3,4)(H,5,6). The highest BCUT2D eigenvalue weighted by molar-refractivity contribution is 7.89. The molecule has 2 aromatic rings.